The van der Waals surface area contributed by atoms with Crippen LogP contribution in [0.2, 0.25) is 0 Å². The molecule has 0 aromatic heterocycles. The van der Waals surface area contributed by atoms with Crippen molar-refractivity contribution in [2.45, 2.75) is 10.6 Å². The van der Waals surface area contributed by atoms with Crippen molar-refractivity contribution in [1.29, 1.82) is 0 Å². The first-order valence-electron chi connectivity index (χ1n) is 7.57. The van der Waals surface area contributed by atoms with Gasteiger partial charge in [-0.15, -0.1) is 17.0 Å². The third kappa shape index (κ3) is 3.55. The first-order valence-corrected chi connectivity index (χ1v) is 10.9. The predicted octanol–water partition coefficient (Wildman–Crippen LogP) is 5.07. The summed E-state index contributed by atoms with van der Waals surface area (Å²) in [6.45, 7) is 2.36. The third-order valence-electron chi connectivity index (χ3n) is 4.28. The van der Waals surface area contributed by atoms with Crippen molar-refractivity contribution in [1.82, 2.24) is 0 Å². The predicted molar refractivity (Wildman–Crippen MR) is 120 cm³/mol. The van der Waals surface area contributed by atoms with E-state index in [2.05, 4.69) is 121 Å². The Bertz CT molecular complexity index is 618. The van der Waals surface area contributed by atoms with Crippen molar-refractivity contribution in [3.05, 3.63) is 91.0 Å². The average molecular weight is 499 g/mol. The minimum atomic E-state index is -2.01. The zero-order chi connectivity index (χ0) is 15.4. The van der Waals surface area contributed by atoms with Gasteiger partial charge < -0.3 is 0 Å². The molecule has 23 heavy (non-hydrogen) atoms. The van der Waals surface area contributed by atoms with Crippen LogP contribution in [-0.4, -0.2) is 3.67 Å². The molecule has 0 saturated carbocycles. The van der Waals surface area contributed by atoms with Gasteiger partial charge in [0.1, 0.15) is 0 Å². The van der Waals surface area contributed by atoms with E-state index in [1.54, 1.807) is 0 Å². The van der Waals surface area contributed by atoms with Gasteiger partial charge in [0.25, 0.3) is 0 Å². The maximum atomic E-state index is 2.63. The molecule has 0 aliphatic rings. The molecule has 3 rings (SSSR count). The number of benzene rings is 3. The van der Waals surface area contributed by atoms with Gasteiger partial charge in [0.2, 0.25) is 0 Å². The Hall–Kier alpha value is -0.700. The van der Waals surface area contributed by atoms with Crippen LogP contribution in [0.4, 0.5) is 0 Å². The number of hydrogen-bond acceptors (Lipinski definition) is 0. The van der Waals surface area contributed by atoms with Gasteiger partial charge in [-0.2, -0.15) is 0 Å². The molecule has 0 amide bonds. The molecule has 0 heterocycles. The van der Waals surface area contributed by atoms with E-state index in [1.807, 2.05) is 0 Å². The Labute approximate surface area is 163 Å². The Balaban J connectivity index is 0.00000192. The summed E-state index contributed by atoms with van der Waals surface area (Å²) in [4.78, 5) is 0. The molecule has 0 nitrogen and oxygen atoms in total. The van der Waals surface area contributed by atoms with Crippen LogP contribution in [0.15, 0.2) is 91.0 Å². The Morgan fingerprint density at radius 2 is 0.870 bits per heavy atom. The first-order chi connectivity index (χ1) is 10.8. The van der Waals surface area contributed by atoms with E-state index < -0.39 is 7.26 Å². The van der Waals surface area contributed by atoms with E-state index in [1.165, 1.54) is 15.9 Å². The Morgan fingerprint density at radius 3 is 1.09 bits per heavy atom. The van der Waals surface area contributed by atoms with Crippen molar-refractivity contribution in [2.75, 3.05) is 0 Å². The zero-order valence-corrected chi connectivity index (χ0v) is 17.9. The van der Waals surface area contributed by atoms with Gasteiger partial charge in [-0.1, -0.05) is 0 Å². The Morgan fingerprint density at radius 1 is 0.609 bits per heavy atom. The molecule has 3 aromatic rings. The van der Waals surface area contributed by atoms with E-state index >= 15 is 0 Å². The second kappa shape index (κ2) is 8.41. The minimum absolute atomic E-state index is 0. The van der Waals surface area contributed by atoms with Gasteiger partial charge >= 0.3 is 147 Å². The van der Waals surface area contributed by atoms with Gasteiger partial charge in [-0.25, -0.2) is 0 Å². The summed E-state index contributed by atoms with van der Waals surface area (Å²) >= 11 is 2.63. The van der Waals surface area contributed by atoms with Gasteiger partial charge in [-0.3, -0.25) is 0 Å². The molecular formula is C20H21BrIP. The van der Waals surface area contributed by atoms with Crippen LogP contribution in [0.25, 0.3) is 0 Å². The molecule has 1 unspecified atom stereocenters. The van der Waals surface area contributed by atoms with E-state index in [4.69, 9.17) is 0 Å². The number of rotatable bonds is 4. The molecule has 0 spiro atoms. The monoisotopic (exact) mass is 498 g/mol. The molecule has 0 saturated heterocycles. The maximum absolute atomic E-state index is 2.63. The van der Waals surface area contributed by atoms with Gasteiger partial charge in [0, 0.05) is 0 Å². The van der Waals surface area contributed by atoms with Crippen LogP contribution in [-0.2, 0) is 0 Å². The van der Waals surface area contributed by atoms with E-state index in [9.17, 15) is 0 Å². The van der Waals surface area contributed by atoms with Crippen LogP contribution in [0.5, 0.6) is 0 Å². The first kappa shape index (κ1) is 18.6. The number of hydrogen-bond donors (Lipinski definition) is 0. The van der Waals surface area contributed by atoms with Crippen LogP contribution >= 0.6 is 46.8 Å². The number of halogens is 2. The van der Waals surface area contributed by atoms with Crippen LogP contribution < -0.4 is 15.9 Å². The molecule has 3 aromatic carbocycles. The molecule has 0 radical (unpaired) electrons. The fourth-order valence-corrected chi connectivity index (χ4v) is 11.1. The van der Waals surface area contributed by atoms with E-state index in [-0.39, 0.29) is 17.0 Å². The van der Waals surface area contributed by atoms with Gasteiger partial charge in [-0.05, 0) is 0 Å². The molecule has 0 aliphatic heterocycles. The topological polar surface area (TPSA) is 0 Å². The third-order valence-corrected chi connectivity index (χ3v) is 12.0. The fraction of sp³-hybridized carbons (Fsp3) is 0.100. The summed E-state index contributed by atoms with van der Waals surface area (Å²) in [6.07, 6.45) is 0. The summed E-state index contributed by atoms with van der Waals surface area (Å²) in [6, 6.07) is 33.2. The van der Waals surface area contributed by atoms with Crippen molar-refractivity contribution < 1.29 is 0 Å². The van der Waals surface area contributed by atoms with Crippen molar-refractivity contribution in [3.63, 3.8) is 0 Å². The summed E-state index contributed by atoms with van der Waals surface area (Å²) in [7, 11) is -2.01. The second-order valence-electron chi connectivity index (χ2n) is 5.52. The standard InChI is InChI=1S/C20H20IP.BrH/c1-17(21)22(18-11-5-2-6-12-18,19-13-7-3-8-14-19)20-15-9-4-10-16-20;/h2-17,22H,1H3;1H. The average Bonchev–Trinajstić information content (AvgIpc) is 2.58. The SMILES string of the molecule is Br.CC(I)[PH](c1ccccc1)(c1ccccc1)c1ccccc1. The molecular weight excluding hydrogens is 478 g/mol. The van der Waals surface area contributed by atoms with E-state index in [0.29, 0.717) is 3.67 Å². The summed E-state index contributed by atoms with van der Waals surface area (Å²) in [5.41, 5.74) is 0. The normalized spacial score (nSPS) is 13.0. The van der Waals surface area contributed by atoms with Crippen LogP contribution in [0, 0.1) is 0 Å². The molecule has 120 valence electrons. The molecule has 3 heteroatoms. The molecule has 0 bridgehead atoms. The summed E-state index contributed by atoms with van der Waals surface area (Å²) < 4.78 is 0.553. The van der Waals surface area contributed by atoms with Crippen LogP contribution in [0.1, 0.15) is 6.92 Å². The fourth-order valence-electron chi connectivity index (χ4n) is 3.29. The second-order valence-corrected chi connectivity index (χ2v) is 12.8. The van der Waals surface area contributed by atoms with E-state index in [0.717, 1.165) is 0 Å². The van der Waals surface area contributed by atoms with Crippen molar-refractivity contribution in [3.8, 4) is 0 Å². The Kier molecular flexibility index (Phi) is 6.82. The summed E-state index contributed by atoms with van der Waals surface area (Å²) in [5, 5.41) is 4.44. The number of alkyl halides is 1. The summed E-state index contributed by atoms with van der Waals surface area (Å²) in [5.74, 6) is 0. The molecule has 0 fully saturated rings. The van der Waals surface area contributed by atoms with Gasteiger partial charge in [0.05, 0.1) is 0 Å². The molecule has 0 N–H and O–H groups in total. The molecule has 1 atom stereocenters. The van der Waals surface area contributed by atoms with Crippen molar-refractivity contribution >= 4 is 62.7 Å². The zero-order valence-electron chi connectivity index (χ0n) is 13.0. The van der Waals surface area contributed by atoms with Crippen molar-refractivity contribution in [2.24, 2.45) is 0 Å². The molecule has 0 aliphatic carbocycles. The van der Waals surface area contributed by atoms with Gasteiger partial charge in [0.15, 0.2) is 0 Å². The van der Waals surface area contributed by atoms with Crippen LogP contribution in [0.3, 0.4) is 0 Å². The quantitative estimate of drug-likeness (QED) is 0.267.